The van der Waals surface area contributed by atoms with Crippen LogP contribution in [0.5, 0.6) is 0 Å². The van der Waals surface area contributed by atoms with Crippen molar-refractivity contribution in [1.29, 1.82) is 0 Å². The quantitative estimate of drug-likeness (QED) is 0.619. The normalized spacial score (nSPS) is 27.4. The van der Waals surface area contributed by atoms with Gasteiger partial charge in [0.1, 0.15) is 6.10 Å². The maximum absolute atomic E-state index is 13.0. The summed E-state index contributed by atoms with van der Waals surface area (Å²) in [5.74, 6) is -2.99. The smallest absolute Gasteiger partial charge is 0.277 e. The molecule has 0 bridgehead atoms. The van der Waals surface area contributed by atoms with Crippen molar-refractivity contribution in [1.82, 2.24) is 4.90 Å². The number of hydrogen-bond acceptors (Lipinski definition) is 2. The zero-order chi connectivity index (χ0) is 10.1. The van der Waals surface area contributed by atoms with Gasteiger partial charge in [0, 0.05) is 27.0 Å². The Morgan fingerprint density at radius 1 is 1.62 bits per heavy atom. The molecule has 0 aromatic heterocycles. The fourth-order valence-electron chi connectivity index (χ4n) is 1.40. The van der Waals surface area contributed by atoms with Gasteiger partial charge in [0.15, 0.2) is 0 Å². The minimum Gasteiger partial charge on any atom is -0.373 e. The molecule has 1 heterocycles. The van der Waals surface area contributed by atoms with E-state index in [9.17, 15) is 13.6 Å². The Balaban J connectivity index is 2.63. The number of ether oxygens (including phenoxy) is 1. The number of rotatable bonds is 1. The summed E-state index contributed by atoms with van der Waals surface area (Å²) >= 11 is 0. The summed E-state index contributed by atoms with van der Waals surface area (Å²) in [5.41, 5.74) is 0. The van der Waals surface area contributed by atoms with Crippen molar-refractivity contribution in [3.05, 3.63) is 0 Å². The maximum Gasteiger partial charge on any atom is 0.277 e. The molecule has 5 heteroatoms. The van der Waals surface area contributed by atoms with Gasteiger partial charge in [-0.3, -0.25) is 4.79 Å². The highest BCUT2D eigenvalue weighted by molar-refractivity contribution is 5.73. The predicted molar refractivity (Wildman–Crippen MR) is 42.6 cm³/mol. The summed E-state index contributed by atoms with van der Waals surface area (Å²) in [6.45, 7) is 1.47. The third-order valence-electron chi connectivity index (χ3n) is 2.30. The molecule has 0 aromatic carbocycles. The molecule has 0 N–H and O–H groups in total. The molecule has 0 spiro atoms. The Morgan fingerprint density at radius 2 is 2.23 bits per heavy atom. The van der Waals surface area contributed by atoms with Crippen LogP contribution in [0.1, 0.15) is 13.3 Å². The van der Waals surface area contributed by atoms with E-state index in [0.29, 0.717) is 0 Å². The minimum absolute atomic E-state index is 0.0150. The molecule has 3 nitrogen and oxygen atoms in total. The van der Waals surface area contributed by atoms with Crippen molar-refractivity contribution < 1.29 is 18.3 Å². The number of piperidine rings is 1. The van der Waals surface area contributed by atoms with Crippen LogP contribution in [0, 0.1) is 0 Å². The Kier molecular flexibility index (Phi) is 2.85. The molecular formula is C8H13F2NO2. The Morgan fingerprint density at radius 3 is 2.69 bits per heavy atom. The van der Waals surface area contributed by atoms with E-state index in [1.165, 1.54) is 18.9 Å². The summed E-state index contributed by atoms with van der Waals surface area (Å²) in [6, 6.07) is 0. The molecule has 0 radical (unpaired) electrons. The van der Waals surface area contributed by atoms with Gasteiger partial charge >= 0.3 is 0 Å². The first-order chi connectivity index (χ1) is 5.97. The molecule has 1 amide bonds. The Labute approximate surface area is 75.7 Å². The monoisotopic (exact) mass is 193 g/mol. The molecule has 1 fully saturated rings. The second kappa shape index (κ2) is 3.57. The summed E-state index contributed by atoms with van der Waals surface area (Å²) in [5, 5.41) is 0. The highest BCUT2D eigenvalue weighted by Gasteiger charge is 2.44. The second-order valence-electron chi connectivity index (χ2n) is 3.20. The van der Waals surface area contributed by atoms with Crippen LogP contribution in [0.25, 0.3) is 0 Å². The lowest BCUT2D eigenvalue weighted by Gasteiger charge is -2.36. The molecular weight excluding hydrogens is 180 g/mol. The van der Waals surface area contributed by atoms with Crippen molar-refractivity contribution in [2.24, 2.45) is 0 Å². The number of nitrogens with zero attached hydrogens (tertiary/aromatic N) is 1. The summed E-state index contributed by atoms with van der Waals surface area (Å²) in [4.78, 5) is 12.3. The van der Waals surface area contributed by atoms with Crippen molar-refractivity contribution >= 4 is 5.91 Å². The van der Waals surface area contributed by atoms with Gasteiger partial charge in [-0.15, -0.1) is 0 Å². The van der Waals surface area contributed by atoms with Crippen LogP contribution < -0.4 is 0 Å². The standard InChI is InChI=1S/C8H13F2NO2/c1-6(12)11-4-3-8(9,10)7(5-11)13-2/h7H,3-5H2,1-2H3/t7-/m0/s1. The molecule has 1 aliphatic heterocycles. The van der Waals surface area contributed by atoms with Crippen LogP contribution >= 0.6 is 0 Å². The van der Waals surface area contributed by atoms with E-state index in [-0.39, 0.29) is 25.4 Å². The van der Waals surface area contributed by atoms with E-state index >= 15 is 0 Å². The van der Waals surface area contributed by atoms with E-state index in [1.54, 1.807) is 0 Å². The molecule has 13 heavy (non-hydrogen) atoms. The average Bonchev–Trinajstić information content (AvgIpc) is 2.03. The number of hydrogen-bond donors (Lipinski definition) is 0. The summed E-state index contributed by atoms with van der Waals surface area (Å²) in [7, 11) is 1.24. The lowest BCUT2D eigenvalue weighted by Crippen LogP contribution is -2.52. The van der Waals surface area contributed by atoms with E-state index in [4.69, 9.17) is 0 Å². The van der Waals surface area contributed by atoms with Crippen LogP contribution in [0.2, 0.25) is 0 Å². The highest BCUT2D eigenvalue weighted by atomic mass is 19.3. The second-order valence-corrected chi connectivity index (χ2v) is 3.20. The molecule has 1 aliphatic rings. The van der Waals surface area contributed by atoms with Gasteiger partial charge in [-0.25, -0.2) is 8.78 Å². The van der Waals surface area contributed by atoms with Crippen LogP contribution in [0.15, 0.2) is 0 Å². The van der Waals surface area contributed by atoms with Gasteiger partial charge in [-0.05, 0) is 0 Å². The number of carbonyl (C=O) groups is 1. The number of carbonyl (C=O) groups excluding carboxylic acids is 1. The zero-order valence-electron chi connectivity index (χ0n) is 7.72. The Hall–Kier alpha value is -0.710. The number of alkyl halides is 2. The van der Waals surface area contributed by atoms with Gasteiger partial charge in [0.25, 0.3) is 5.92 Å². The van der Waals surface area contributed by atoms with Crippen molar-refractivity contribution in [2.45, 2.75) is 25.4 Å². The van der Waals surface area contributed by atoms with Gasteiger partial charge in [-0.2, -0.15) is 0 Å². The largest absolute Gasteiger partial charge is 0.373 e. The predicted octanol–water partition coefficient (Wildman–Crippen LogP) is 0.889. The molecule has 0 aliphatic carbocycles. The van der Waals surface area contributed by atoms with Gasteiger partial charge in [0.2, 0.25) is 5.91 Å². The highest BCUT2D eigenvalue weighted by Crippen LogP contribution is 2.29. The first-order valence-electron chi connectivity index (χ1n) is 4.13. The summed E-state index contributed by atoms with van der Waals surface area (Å²) < 4.78 is 30.7. The molecule has 1 atom stereocenters. The minimum atomic E-state index is -2.80. The van der Waals surface area contributed by atoms with Gasteiger partial charge in [0.05, 0.1) is 6.54 Å². The Bertz CT molecular complexity index is 208. The summed E-state index contributed by atoms with van der Waals surface area (Å²) in [6.07, 6.45) is -1.48. The van der Waals surface area contributed by atoms with Crippen LogP contribution in [0.3, 0.4) is 0 Å². The molecule has 0 unspecified atom stereocenters. The SMILES string of the molecule is CO[C@H]1CN(C(C)=O)CCC1(F)F. The third-order valence-corrected chi connectivity index (χ3v) is 2.30. The van der Waals surface area contributed by atoms with Crippen molar-refractivity contribution in [3.8, 4) is 0 Å². The van der Waals surface area contributed by atoms with Crippen LogP contribution in [-0.4, -0.2) is 43.0 Å². The number of halogens is 2. The fourth-order valence-corrected chi connectivity index (χ4v) is 1.40. The lowest BCUT2D eigenvalue weighted by molar-refractivity contribution is -0.168. The molecule has 76 valence electrons. The van der Waals surface area contributed by atoms with Crippen LogP contribution in [0.4, 0.5) is 8.78 Å². The third kappa shape index (κ3) is 2.15. The molecule has 0 saturated carbocycles. The first kappa shape index (κ1) is 10.4. The molecule has 1 rings (SSSR count). The van der Waals surface area contributed by atoms with Crippen molar-refractivity contribution in [2.75, 3.05) is 20.2 Å². The van der Waals surface area contributed by atoms with E-state index < -0.39 is 12.0 Å². The van der Waals surface area contributed by atoms with E-state index in [2.05, 4.69) is 4.74 Å². The van der Waals surface area contributed by atoms with Gasteiger partial charge < -0.3 is 9.64 Å². The average molecular weight is 193 g/mol. The fraction of sp³-hybridized carbons (Fsp3) is 0.875. The maximum atomic E-state index is 13.0. The lowest BCUT2D eigenvalue weighted by atomic mass is 10.0. The number of amides is 1. The molecule has 0 aromatic rings. The van der Waals surface area contributed by atoms with E-state index in [0.717, 1.165) is 0 Å². The first-order valence-corrected chi connectivity index (χ1v) is 4.13. The topological polar surface area (TPSA) is 29.5 Å². The van der Waals surface area contributed by atoms with Crippen LogP contribution in [-0.2, 0) is 9.53 Å². The van der Waals surface area contributed by atoms with Gasteiger partial charge in [-0.1, -0.05) is 0 Å². The molecule has 1 saturated heterocycles. The van der Waals surface area contributed by atoms with E-state index in [1.807, 2.05) is 0 Å². The van der Waals surface area contributed by atoms with Crippen molar-refractivity contribution in [3.63, 3.8) is 0 Å². The number of methoxy groups -OCH3 is 1. The zero-order valence-corrected chi connectivity index (χ0v) is 7.72. The number of likely N-dealkylation sites (tertiary alicyclic amines) is 1.